The molecule has 0 spiro atoms. The van der Waals surface area contributed by atoms with Crippen molar-refractivity contribution in [3.63, 3.8) is 0 Å². The van der Waals surface area contributed by atoms with E-state index in [-0.39, 0.29) is 24.1 Å². The van der Waals surface area contributed by atoms with Crippen molar-refractivity contribution in [3.05, 3.63) is 29.8 Å². The molecule has 134 valence electrons. The van der Waals surface area contributed by atoms with Gasteiger partial charge >= 0.3 is 0 Å². The van der Waals surface area contributed by atoms with Crippen molar-refractivity contribution in [1.29, 1.82) is 0 Å². The third-order valence-corrected chi connectivity index (χ3v) is 4.28. The summed E-state index contributed by atoms with van der Waals surface area (Å²) in [6, 6.07) is 7.27. The highest BCUT2D eigenvalue weighted by atomic mass is 35.5. The maximum absolute atomic E-state index is 12.4. The molecule has 0 bridgehead atoms. The number of hydrogen-bond acceptors (Lipinski definition) is 4. The zero-order valence-corrected chi connectivity index (χ0v) is 15.3. The number of piperidine rings is 1. The van der Waals surface area contributed by atoms with Gasteiger partial charge in [0.25, 0.3) is 5.91 Å². The summed E-state index contributed by atoms with van der Waals surface area (Å²) in [5.41, 5.74) is 0.649. The van der Waals surface area contributed by atoms with Gasteiger partial charge in [-0.05, 0) is 37.4 Å². The number of rotatable bonds is 7. The summed E-state index contributed by atoms with van der Waals surface area (Å²) in [6.07, 6.45) is 0.941. The molecule has 2 rings (SSSR count). The number of benzene rings is 1. The number of likely N-dealkylation sites (tertiary alicyclic amines) is 1. The molecule has 0 unspecified atom stereocenters. The van der Waals surface area contributed by atoms with Crippen molar-refractivity contribution in [2.24, 2.45) is 0 Å². The predicted molar refractivity (Wildman–Crippen MR) is 97.1 cm³/mol. The van der Waals surface area contributed by atoms with Crippen LogP contribution in [0.1, 0.15) is 37.0 Å². The Kier molecular flexibility index (Phi) is 8.79. The van der Waals surface area contributed by atoms with Gasteiger partial charge in [0, 0.05) is 38.0 Å². The standard InChI is InChI=1S/C18H26N2O3.ClH/c1-3-19(4-2)13-14-23-17-7-5-15(6-8-17)18(22)20-11-9-16(21)10-12-20;/h5-8H,3-4,9-14H2,1-2H3;1H. The van der Waals surface area contributed by atoms with Crippen LogP contribution < -0.4 is 4.74 Å². The van der Waals surface area contributed by atoms with Gasteiger partial charge in [-0.25, -0.2) is 0 Å². The Morgan fingerprint density at radius 3 is 2.25 bits per heavy atom. The van der Waals surface area contributed by atoms with Crippen molar-refractivity contribution >= 4 is 24.1 Å². The highest BCUT2D eigenvalue weighted by Gasteiger charge is 2.21. The maximum Gasteiger partial charge on any atom is 0.253 e. The van der Waals surface area contributed by atoms with Gasteiger partial charge in [0.1, 0.15) is 18.1 Å². The number of ether oxygens (including phenoxy) is 1. The van der Waals surface area contributed by atoms with Crippen LogP contribution in [0, 0.1) is 0 Å². The first kappa shape index (κ1) is 20.5. The summed E-state index contributed by atoms with van der Waals surface area (Å²) in [5.74, 6) is 1.01. The third kappa shape index (κ3) is 5.80. The number of carbonyl (C=O) groups excluding carboxylic acids is 2. The van der Waals surface area contributed by atoms with Crippen LogP contribution in [0.4, 0.5) is 0 Å². The van der Waals surface area contributed by atoms with Crippen LogP contribution in [0.25, 0.3) is 0 Å². The number of halogens is 1. The van der Waals surface area contributed by atoms with Gasteiger partial charge in [-0.1, -0.05) is 13.8 Å². The van der Waals surface area contributed by atoms with Gasteiger partial charge in [0.15, 0.2) is 0 Å². The van der Waals surface area contributed by atoms with Crippen molar-refractivity contribution in [1.82, 2.24) is 9.80 Å². The summed E-state index contributed by atoms with van der Waals surface area (Å²) in [6.45, 7) is 8.91. The molecule has 5 nitrogen and oxygen atoms in total. The highest BCUT2D eigenvalue weighted by molar-refractivity contribution is 5.95. The SMILES string of the molecule is CCN(CC)CCOc1ccc(C(=O)N2CCC(=O)CC2)cc1.Cl. The van der Waals surface area contributed by atoms with Gasteiger partial charge in [-0.2, -0.15) is 0 Å². The molecule has 1 heterocycles. The molecule has 1 aliphatic rings. The Labute approximate surface area is 150 Å². The minimum Gasteiger partial charge on any atom is -0.492 e. The normalized spacial score (nSPS) is 14.5. The maximum atomic E-state index is 12.4. The van der Waals surface area contributed by atoms with Gasteiger partial charge in [-0.3, -0.25) is 9.59 Å². The Bertz CT molecular complexity index is 520. The fourth-order valence-electron chi connectivity index (χ4n) is 2.67. The lowest BCUT2D eigenvalue weighted by Crippen LogP contribution is -2.38. The summed E-state index contributed by atoms with van der Waals surface area (Å²) in [5, 5.41) is 0. The molecule has 0 aliphatic carbocycles. The van der Waals surface area contributed by atoms with Gasteiger partial charge in [-0.15, -0.1) is 12.4 Å². The van der Waals surface area contributed by atoms with Crippen LogP contribution in [0.3, 0.4) is 0 Å². The molecule has 0 N–H and O–H groups in total. The quantitative estimate of drug-likeness (QED) is 0.755. The largest absolute Gasteiger partial charge is 0.492 e. The lowest BCUT2D eigenvalue weighted by molar-refractivity contribution is -0.120. The van der Waals surface area contributed by atoms with Crippen LogP contribution in [0.5, 0.6) is 5.75 Å². The molecule has 6 heteroatoms. The van der Waals surface area contributed by atoms with E-state index in [9.17, 15) is 9.59 Å². The molecular formula is C18H27ClN2O3. The van der Waals surface area contributed by atoms with Gasteiger partial charge < -0.3 is 14.5 Å². The van der Waals surface area contributed by atoms with Crippen LogP contribution in [0.15, 0.2) is 24.3 Å². The number of Topliss-reactive ketones (excluding diaryl/α,β-unsaturated/α-hetero) is 1. The molecule has 1 aromatic carbocycles. The molecule has 1 saturated heterocycles. The number of hydrogen-bond donors (Lipinski definition) is 0. The smallest absolute Gasteiger partial charge is 0.253 e. The van der Waals surface area contributed by atoms with E-state index < -0.39 is 0 Å². The predicted octanol–water partition coefficient (Wildman–Crippen LogP) is 2.63. The second kappa shape index (κ2) is 10.3. The molecule has 0 radical (unpaired) electrons. The Balaban J connectivity index is 0.00000288. The zero-order chi connectivity index (χ0) is 16.7. The van der Waals surface area contributed by atoms with E-state index >= 15 is 0 Å². The fraction of sp³-hybridized carbons (Fsp3) is 0.556. The average Bonchev–Trinajstić information content (AvgIpc) is 2.59. The lowest BCUT2D eigenvalue weighted by atomic mass is 10.1. The first-order valence-corrected chi connectivity index (χ1v) is 8.40. The zero-order valence-electron chi connectivity index (χ0n) is 14.5. The fourth-order valence-corrected chi connectivity index (χ4v) is 2.67. The minimum atomic E-state index is -0.00723. The van der Waals surface area contributed by atoms with Crippen molar-refractivity contribution in [2.45, 2.75) is 26.7 Å². The molecule has 1 aliphatic heterocycles. The summed E-state index contributed by atoms with van der Waals surface area (Å²) in [4.78, 5) is 27.7. The third-order valence-electron chi connectivity index (χ3n) is 4.28. The Morgan fingerprint density at radius 2 is 1.71 bits per heavy atom. The first-order valence-electron chi connectivity index (χ1n) is 8.40. The number of amides is 1. The van der Waals surface area contributed by atoms with E-state index in [1.165, 1.54) is 0 Å². The topological polar surface area (TPSA) is 49.9 Å². The van der Waals surface area contributed by atoms with Crippen molar-refractivity contribution < 1.29 is 14.3 Å². The van der Waals surface area contributed by atoms with E-state index in [2.05, 4.69) is 18.7 Å². The van der Waals surface area contributed by atoms with Crippen LogP contribution in [-0.4, -0.2) is 60.8 Å². The minimum absolute atomic E-state index is 0. The summed E-state index contributed by atoms with van der Waals surface area (Å²) >= 11 is 0. The van der Waals surface area contributed by atoms with Crippen LogP contribution in [0.2, 0.25) is 0 Å². The first-order chi connectivity index (χ1) is 11.1. The lowest BCUT2D eigenvalue weighted by Gasteiger charge is -2.26. The summed E-state index contributed by atoms with van der Waals surface area (Å²) in [7, 11) is 0. The number of ketones is 1. The molecule has 0 atom stereocenters. The van der Waals surface area contributed by atoms with Crippen LogP contribution >= 0.6 is 12.4 Å². The van der Waals surface area contributed by atoms with E-state index in [4.69, 9.17) is 4.74 Å². The molecule has 1 fully saturated rings. The number of nitrogens with zero attached hydrogens (tertiary/aromatic N) is 2. The number of likely N-dealkylation sites (N-methyl/N-ethyl adjacent to an activating group) is 1. The molecule has 0 aromatic heterocycles. The second-order valence-electron chi connectivity index (χ2n) is 5.73. The number of carbonyl (C=O) groups is 2. The monoisotopic (exact) mass is 354 g/mol. The average molecular weight is 355 g/mol. The van der Waals surface area contributed by atoms with Crippen molar-refractivity contribution in [2.75, 3.05) is 39.3 Å². The Hall–Kier alpha value is -1.59. The van der Waals surface area contributed by atoms with E-state index in [0.29, 0.717) is 38.1 Å². The molecule has 24 heavy (non-hydrogen) atoms. The van der Waals surface area contributed by atoms with E-state index in [1.54, 1.807) is 17.0 Å². The summed E-state index contributed by atoms with van der Waals surface area (Å²) < 4.78 is 5.72. The van der Waals surface area contributed by atoms with Gasteiger partial charge in [0.05, 0.1) is 0 Å². The van der Waals surface area contributed by atoms with Crippen molar-refractivity contribution in [3.8, 4) is 5.75 Å². The molecule has 1 aromatic rings. The van der Waals surface area contributed by atoms with Crippen LogP contribution in [-0.2, 0) is 4.79 Å². The van der Waals surface area contributed by atoms with E-state index in [1.807, 2.05) is 12.1 Å². The second-order valence-corrected chi connectivity index (χ2v) is 5.73. The highest BCUT2D eigenvalue weighted by Crippen LogP contribution is 2.16. The molecule has 1 amide bonds. The molecular weight excluding hydrogens is 328 g/mol. The molecule has 0 saturated carbocycles. The Morgan fingerprint density at radius 1 is 1.12 bits per heavy atom. The van der Waals surface area contributed by atoms with Gasteiger partial charge in [0.2, 0.25) is 0 Å². The van der Waals surface area contributed by atoms with E-state index in [0.717, 1.165) is 25.4 Å².